The van der Waals surface area contributed by atoms with Gasteiger partial charge in [-0.2, -0.15) is 0 Å². The Kier molecular flexibility index (Phi) is 4.40. The number of aromatic nitrogens is 1. The summed E-state index contributed by atoms with van der Waals surface area (Å²) in [4.78, 5) is 16.5. The number of nitrogens with one attached hydrogen (secondary N) is 2. The molecule has 0 aliphatic heterocycles. The molecule has 2 rings (SSSR count). The van der Waals surface area contributed by atoms with E-state index in [2.05, 4.69) is 29.5 Å². The van der Waals surface area contributed by atoms with Gasteiger partial charge in [0.2, 0.25) is 0 Å². The first-order chi connectivity index (χ1) is 9.11. The maximum absolute atomic E-state index is 12.3. The summed E-state index contributed by atoms with van der Waals surface area (Å²) < 4.78 is 0. The number of nitrogens with zero attached hydrogens (tertiary/aromatic N) is 1. The van der Waals surface area contributed by atoms with Crippen LogP contribution in [0, 0.1) is 12.8 Å². The molecule has 1 aromatic heterocycles. The smallest absolute Gasteiger partial charge is 0.255 e. The van der Waals surface area contributed by atoms with Crippen LogP contribution >= 0.6 is 0 Å². The fourth-order valence-electron chi connectivity index (χ4n) is 2.15. The molecule has 0 saturated heterocycles. The maximum atomic E-state index is 12.3. The van der Waals surface area contributed by atoms with E-state index in [0.717, 1.165) is 24.3 Å². The lowest BCUT2D eigenvalue weighted by atomic mass is 10.1. The normalized spacial score (nSPS) is 15.9. The van der Waals surface area contributed by atoms with Gasteiger partial charge in [0.1, 0.15) is 0 Å². The molecular weight excluding hydrogens is 238 g/mol. The lowest BCUT2D eigenvalue weighted by Crippen LogP contribution is -2.34. The molecule has 1 amide bonds. The van der Waals surface area contributed by atoms with Gasteiger partial charge in [0.15, 0.2) is 0 Å². The third kappa shape index (κ3) is 3.69. The van der Waals surface area contributed by atoms with E-state index in [1.165, 1.54) is 12.8 Å². The van der Waals surface area contributed by atoms with Gasteiger partial charge in [-0.1, -0.05) is 6.92 Å². The van der Waals surface area contributed by atoms with Crippen molar-refractivity contribution in [2.45, 2.75) is 46.1 Å². The fourth-order valence-corrected chi connectivity index (χ4v) is 2.15. The van der Waals surface area contributed by atoms with Gasteiger partial charge in [0, 0.05) is 24.5 Å². The molecule has 1 unspecified atom stereocenters. The summed E-state index contributed by atoms with van der Waals surface area (Å²) in [7, 11) is 0. The molecule has 104 valence electrons. The topological polar surface area (TPSA) is 54.0 Å². The summed E-state index contributed by atoms with van der Waals surface area (Å²) in [5.74, 6) is 0.639. The fraction of sp³-hybridized carbons (Fsp3) is 0.600. The minimum absolute atomic E-state index is 0.0227. The lowest BCUT2D eigenvalue weighted by molar-refractivity contribution is 0.0936. The highest BCUT2D eigenvalue weighted by molar-refractivity contribution is 5.99. The Hall–Kier alpha value is -1.58. The van der Waals surface area contributed by atoms with E-state index in [1.54, 1.807) is 6.20 Å². The molecule has 1 aromatic rings. The van der Waals surface area contributed by atoms with Crippen LogP contribution in [0.15, 0.2) is 12.3 Å². The summed E-state index contributed by atoms with van der Waals surface area (Å²) in [6.45, 7) is 6.99. The van der Waals surface area contributed by atoms with Gasteiger partial charge in [-0.15, -0.1) is 0 Å². The summed E-state index contributed by atoms with van der Waals surface area (Å²) >= 11 is 0. The number of pyridine rings is 1. The molecule has 1 fully saturated rings. The quantitative estimate of drug-likeness (QED) is 0.828. The van der Waals surface area contributed by atoms with E-state index in [9.17, 15) is 4.79 Å². The van der Waals surface area contributed by atoms with Crippen LogP contribution in [0.25, 0.3) is 0 Å². The highest BCUT2D eigenvalue weighted by atomic mass is 16.1. The molecule has 0 radical (unpaired) electrons. The summed E-state index contributed by atoms with van der Waals surface area (Å²) in [6, 6.07) is 2.19. The second-order valence-corrected chi connectivity index (χ2v) is 5.40. The van der Waals surface area contributed by atoms with Crippen molar-refractivity contribution < 1.29 is 4.79 Å². The number of anilines is 1. The van der Waals surface area contributed by atoms with Gasteiger partial charge in [0.05, 0.1) is 11.3 Å². The van der Waals surface area contributed by atoms with Crippen molar-refractivity contribution in [3.05, 3.63) is 23.5 Å². The van der Waals surface area contributed by atoms with Crippen LogP contribution in [0.3, 0.4) is 0 Å². The second-order valence-electron chi connectivity index (χ2n) is 5.40. The van der Waals surface area contributed by atoms with Gasteiger partial charge in [-0.05, 0) is 45.1 Å². The summed E-state index contributed by atoms with van der Waals surface area (Å²) in [6.07, 6.45) is 5.16. The third-order valence-corrected chi connectivity index (χ3v) is 3.54. The number of rotatable bonds is 6. The second kappa shape index (κ2) is 6.04. The molecule has 4 nitrogen and oxygen atoms in total. The van der Waals surface area contributed by atoms with E-state index < -0.39 is 0 Å². The molecule has 0 bridgehead atoms. The molecule has 2 N–H and O–H groups in total. The van der Waals surface area contributed by atoms with E-state index in [-0.39, 0.29) is 11.9 Å². The van der Waals surface area contributed by atoms with Crippen LogP contribution in [-0.4, -0.2) is 23.5 Å². The summed E-state index contributed by atoms with van der Waals surface area (Å²) in [5, 5.41) is 6.38. The Morgan fingerprint density at radius 3 is 2.89 bits per heavy atom. The Morgan fingerprint density at radius 2 is 2.26 bits per heavy atom. The zero-order valence-electron chi connectivity index (χ0n) is 12.0. The van der Waals surface area contributed by atoms with Crippen LogP contribution in [0.1, 0.15) is 49.2 Å². The van der Waals surface area contributed by atoms with Crippen LogP contribution in [0.4, 0.5) is 5.69 Å². The Bertz CT molecular complexity index is 455. The van der Waals surface area contributed by atoms with Crippen LogP contribution in [0.2, 0.25) is 0 Å². The van der Waals surface area contributed by atoms with Crippen molar-refractivity contribution in [2.75, 3.05) is 11.9 Å². The van der Waals surface area contributed by atoms with Crippen LogP contribution in [0.5, 0.6) is 0 Å². The average Bonchev–Trinajstić information content (AvgIpc) is 3.20. The average molecular weight is 261 g/mol. The zero-order chi connectivity index (χ0) is 13.8. The largest absolute Gasteiger partial charge is 0.384 e. The van der Waals surface area contributed by atoms with Crippen molar-refractivity contribution in [2.24, 2.45) is 5.92 Å². The summed E-state index contributed by atoms with van der Waals surface area (Å²) in [5.41, 5.74) is 2.45. The van der Waals surface area contributed by atoms with Crippen molar-refractivity contribution in [1.82, 2.24) is 10.3 Å². The maximum Gasteiger partial charge on any atom is 0.255 e. The van der Waals surface area contributed by atoms with Crippen molar-refractivity contribution in [3.63, 3.8) is 0 Å². The van der Waals surface area contributed by atoms with Gasteiger partial charge in [-0.25, -0.2) is 0 Å². The number of carbonyl (C=O) groups is 1. The minimum atomic E-state index is -0.0227. The highest BCUT2D eigenvalue weighted by Crippen LogP contribution is 2.32. The SMILES string of the molecule is CCCNc1cc(C)ncc1C(=O)NC(C)C1CC1. The zero-order valence-corrected chi connectivity index (χ0v) is 12.0. The van der Waals surface area contributed by atoms with E-state index in [0.29, 0.717) is 11.5 Å². The van der Waals surface area contributed by atoms with Crippen molar-refractivity contribution in [3.8, 4) is 0 Å². The van der Waals surface area contributed by atoms with Gasteiger partial charge in [-0.3, -0.25) is 9.78 Å². The third-order valence-electron chi connectivity index (χ3n) is 3.54. The predicted molar refractivity (Wildman–Crippen MR) is 77.4 cm³/mol. The Balaban J connectivity index is 2.09. The first-order valence-electron chi connectivity index (χ1n) is 7.13. The molecule has 0 aromatic carbocycles. The minimum Gasteiger partial charge on any atom is -0.384 e. The molecule has 1 aliphatic rings. The molecule has 4 heteroatoms. The molecule has 1 heterocycles. The molecular formula is C15H23N3O. The Morgan fingerprint density at radius 1 is 1.53 bits per heavy atom. The van der Waals surface area contributed by atoms with Crippen LogP contribution < -0.4 is 10.6 Å². The number of amides is 1. The van der Waals surface area contributed by atoms with Crippen molar-refractivity contribution in [1.29, 1.82) is 0 Å². The van der Waals surface area contributed by atoms with E-state index in [1.807, 2.05) is 13.0 Å². The highest BCUT2D eigenvalue weighted by Gasteiger charge is 2.29. The first kappa shape index (κ1) is 13.8. The molecule has 1 atom stereocenters. The molecule has 1 saturated carbocycles. The van der Waals surface area contributed by atoms with Crippen molar-refractivity contribution >= 4 is 11.6 Å². The monoisotopic (exact) mass is 261 g/mol. The van der Waals surface area contributed by atoms with E-state index >= 15 is 0 Å². The van der Waals surface area contributed by atoms with Crippen LogP contribution in [-0.2, 0) is 0 Å². The Labute approximate surface area is 115 Å². The lowest BCUT2D eigenvalue weighted by Gasteiger charge is -2.16. The molecule has 1 aliphatic carbocycles. The van der Waals surface area contributed by atoms with Gasteiger partial charge >= 0.3 is 0 Å². The first-order valence-corrected chi connectivity index (χ1v) is 7.13. The van der Waals surface area contributed by atoms with Gasteiger partial charge < -0.3 is 10.6 Å². The molecule has 0 spiro atoms. The number of aryl methyl sites for hydroxylation is 1. The number of hydrogen-bond acceptors (Lipinski definition) is 3. The predicted octanol–water partition coefficient (Wildman–Crippen LogP) is 2.74. The molecule has 19 heavy (non-hydrogen) atoms. The standard InChI is InChI=1S/C15H23N3O/c1-4-7-16-14-8-10(2)17-9-13(14)15(19)18-11(3)12-5-6-12/h8-9,11-12H,4-7H2,1-3H3,(H,16,17)(H,18,19). The van der Waals surface area contributed by atoms with Gasteiger partial charge in [0.25, 0.3) is 5.91 Å². The van der Waals surface area contributed by atoms with E-state index in [4.69, 9.17) is 0 Å². The number of hydrogen-bond donors (Lipinski definition) is 2. The number of carbonyl (C=O) groups excluding carboxylic acids is 1.